The molecule has 0 heterocycles. The molecule has 4 nitrogen and oxygen atoms in total. The molecule has 23 heavy (non-hydrogen) atoms. The van der Waals surface area contributed by atoms with E-state index in [0.717, 1.165) is 11.1 Å². The maximum atomic E-state index is 12.5. The predicted octanol–water partition coefficient (Wildman–Crippen LogP) is 2.51. The van der Waals surface area contributed by atoms with E-state index >= 15 is 0 Å². The van der Waals surface area contributed by atoms with Crippen molar-refractivity contribution < 1.29 is 14.7 Å². The lowest BCUT2D eigenvalue weighted by Crippen LogP contribution is -2.44. The number of carbonyl (C=O) groups excluding carboxylic acids is 1. The van der Waals surface area contributed by atoms with Crippen LogP contribution in [0.1, 0.15) is 17.0 Å². The fourth-order valence-electron chi connectivity index (χ4n) is 2.35. The first-order valence-corrected chi connectivity index (χ1v) is 7.98. The fourth-order valence-corrected chi connectivity index (χ4v) is 2.72. The van der Waals surface area contributed by atoms with Gasteiger partial charge in [0.15, 0.2) is 0 Å². The van der Waals surface area contributed by atoms with E-state index in [0.29, 0.717) is 5.75 Å². The van der Waals surface area contributed by atoms with E-state index in [1.54, 1.807) is 0 Å². The summed E-state index contributed by atoms with van der Waals surface area (Å²) in [7, 11) is 0. The third-order valence-corrected chi connectivity index (χ3v) is 3.96. The Morgan fingerprint density at radius 3 is 2.09 bits per heavy atom. The molecule has 0 aliphatic carbocycles. The molecular formula is C18H19NO3S. The van der Waals surface area contributed by atoms with Crippen LogP contribution in [-0.2, 0) is 16.0 Å². The number of nitrogens with one attached hydrogen (secondary N) is 1. The number of benzene rings is 2. The number of carboxylic acids is 1. The summed E-state index contributed by atoms with van der Waals surface area (Å²) in [6.45, 7) is 0. The molecule has 2 aromatic carbocycles. The van der Waals surface area contributed by atoms with Crippen LogP contribution in [0.25, 0.3) is 0 Å². The second kappa shape index (κ2) is 8.39. The van der Waals surface area contributed by atoms with Gasteiger partial charge in [0.05, 0.1) is 5.92 Å². The van der Waals surface area contributed by atoms with Crippen molar-refractivity contribution in [2.75, 3.05) is 5.75 Å². The number of amides is 1. The van der Waals surface area contributed by atoms with E-state index in [2.05, 4.69) is 17.9 Å². The van der Waals surface area contributed by atoms with Crippen LogP contribution in [0.15, 0.2) is 60.7 Å². The topological polar surface area (TPSA) is 66.4 Å². The molecule has 0 spiro atoms. The summed E-state index contributed by atoms with van der Waals surface area (Å²) >= 11 is 4.23. The largest absolute Gasteiger partial charge is 0.480 e. The Balaban J connectivity index is 2.09. The molecule has 0 bridgehead atoms. The lowest BCUT2D eigenvalue weighted by molar-refractivity contribution is -0.141. The van der Waals surface area contributed by atoms with Crippen LogP contribution < -0.4 is 5.32 Å². The Hall–Kier alpha value is -2.27. The standard InChI is InChI=1S/C18H19NO3S/c20-17(15(12-23)14-9-5-2-6-10-14)19-16(18(21)22)11-13-7-3-1-4-8-13/h1-10,15-16,23H,11-12H2,(H,19,20)(H,21,22)/t15-,16-/m0/s1. The summed E-state index contributed by atoms with van der Waals surface area (Å²) in [6, 6.07) is 17.5. The van der Waals surface area contributed by atoms with E-state index in [4.69, 9.17) is 0 Å². The summed E-state index contributed by atoms with van der Waals surface area (Å²) in [5, 5.41) is 12.0. The third-order valence-electron chi connectivity index (χ3n) is 3.60. The molecule has 0 aliphatic rings. The Morgan fingerprint density at radius 2 is 1.57 bits per heavy atom. The van der Waals surface area contributed by atoms with Gasteiger partial charge in [-0.1, -0.05) is 60.7 Å². The van der Waals surface area contributed by atoms with Crippen molar-refractivity contribution in [3.05, 3.63) is 71.8 Å². The molecule has 0 aromatic heterocycles. The number of rotatable bonds is 7. The van der Waals surface area contributed by atoms with Gasteiger partial charge in [0, 0.05) is 12.2 Å². The molecule has 1 amide bonds. The minimum atomic E-state index is -1.05. The summed E-state index contributed by atoms with van der Waals surface area (Å²) < 4.78 is 0. The first-order chi connectivity index (χ1) is 11.1. The zero-order valence-corrected chi connectivity index (χ0v) is 13.4. The van der Waals surface area contributed by atoms with Crippen molar-refractivity contribution >= 4 is 24.5 Å². The highest BCUT2D eigenvalue weighted by molar-refractivity contribution is 7.80. The fraction of sp³-hybridized carbons (Fsp3) is 0.222. The molecule has 120 valence electrons. The van der Waals surface area contributed by atoms with Crippen molar-refractivity contribution in [2.24, 2.45) is 0 Å². The number of hydrogen-bond donors (Lipinski definition) is 3. The van der Waals surface area contributed by atoms with Crippen molar-refractivity contribution in [1.82, 2.24) is 5.32 Å². The molecule has 0 saturated carbocycles. The normalized spacial score (nSPS) is 13.1. The maximum absolute atomic E-state index is 12.5. The van der Waals surface area contributed by atoms with Gasteiger partial charge in [-0.2, -0.15) is 12.6 Å². The lowest BCUT2D eigenvalue weighted by Gasteiger charge is -2.19. The van der Waals surface area contributed by atoms with E-state index in [9.17, 15) is 14.7 Å². The number of carbonyl (C=O) groups is 2. The van der Waals surface area contributed by atoms with Gasteiger partial charge in [0.2, 0.25) is 5.91 Å². The quantitative estimate of drug-likeness (QED) is 0.684. The summed E-state index contributed by atoms with van der Waals surface area (Å²) in [4.78, 5) is 23.9. The van der Waals surface area contributed by atoms with Crippen LogP contribution in [0.4, 0.5) is 0 Å². The van der Waals surface area contributed by atoms with Gasteiger partial charge in [0.1, 0.15) is 6.04 Å². The van der Waals surface area contributed by atoms with Gasteiger partial charge in [-0.3, -0.25) is 4.79 Å². The monoisotopic (exact) mass is 329 g/mol. The van der Waals surface area contributed by atoms with E-state index in [-0.39, 0.29) is 12.3 Å². The molecule has 5 heteroatoms. The summed E-state index contributed by atoms with van der Waals surface area (Å²) in [6.07, 6.45) is 0.246. The zero-order valence-electron chi connectivity index (χ0n) is 12.6. The van der Waals surface area contributed by atoms with Crippen LogP contribution in [-0.4, -0.2) is 28.8 Å². The lowest BCUT2D eigenvalue weighted by atomic mass is 9.99. The number of thiol groups is 1. The summed E-state index contributed by atoms with van der Waals surface area (Å²) in [5.74, 6) is -1.53. The second-order valence-corrected chi connectivity index (χ2v) is 5.60. The first kappa shape index (κ1) is 17.1. The second-order valence-electron chi connectivity index (χ2n) is 5.23. The first-order valence-electron chi connectivity index (χ1n) is 7.34. The van der Waals surface area contributed by atoms with Crippen molar-refractivity contribution in [3.63, 3.8) is 0 Å². The Bertz CT molecular complexity index is 646. The molecular weight excluding hydrogens is 310 g/mol. The molecule has 0 unspecified atom stereocenters. The average molecular weight is 329 g/mol. The van der Waals surface area contributed by atoms with E-state index in [1.807, 2.05) is 60.7 Å². The molecule has 2 aromatic rings. The molecule has 2 atom stereocenters. The van der Waals surface area contributed by atoms with Crippen LogP contribution in [0.5, 0.6) is 0 Å². The van der Waals surface area contributed by atoms with Crippen LogP contribution in [0.3, 0.4) is 0 Å². The highest BCUT2D eigenvalue weighted by Gasteiger charge is 2.25. The predicted molar refractivity (Wildman–Crippen MR) is 92.7 cm³/mol. The number of aliphatic carboxylic acids is 1. The van der Waals surface area contributed by atoms with Gasteiger partial charge in [-0.25, -0.2) is 4.79 Å². The maximum Gasteiger partial charge on any atom is 0.326 e. The average Bonchev–Trinajstić information content (AvgIpc) is 2.57. The minimum absolute atomic E-state index is 0.246. The zero-order chi connectivity index (χ0) is 16.7. The highest BCUT2D eigenvalue weighted by Crippen LogP contribution is 2.17. The molecule has 0 saturated heterocycles. The van der Waals surface area contributed by atoms with Crippen molar-refractivity contribution in [3.8, 4) is 0 Å². The smallest absolute Gasteiger partial charge is 0.326 e. The van der Waals surface area contributed by atoms with Gasteiger partial charge in [-0.05, 0) is 11.1 Å². The molecule has 0 aliphatic heterocycles. The van der Waals surface area contributed by atoms with Gasteiger partial charge >= 0.3 is 5.97 Å². The SMILES string of the molecule is O=C(O)[C@H](Cc1ccccc1)NC(=O)[C@@H](CS)c1ccccc1. The van der Waals surface area contributed by atoms with Crippen LogP contribution >= 0.6 is 12.6 Å². The van der Waals surface area contributed by atoms with Crippen LogP contribution in [0, 0.1) is 0 Å². The Kier molecular flexibility index (Phi) is 6.23. The molecule has 2 rings (SSSR count). The van der Waals surface area contributed by atoms with Gasteiger partial charge in [-0.15, -0.1) is 0 Å². The Labute approximate surface area is 141 Å². The minimum Gasteiger partial charge on any atom is -0.480 e. The highest BCUT2D eigenvalue weighted by atomic mass is 32.1. The number of carboxylic acid groups (broad SMARTS) is 1. The van der Waals surface area contributed by atoms with E-state index in [1.165, 1.54) is 0 Å². The van der Waals surface area contributed by atoms with Crippen LogP contribution in [0.2, 0.25) is 0 Å². The molecule has 0 radical (unpaired) electrons. The van der Waals surface area contributed by atoms with Gasteiger partial charge < -0.3 is 10.4 Å². The van der Waals surface area contributed by atoms with Crippen molar-refractivity contribution in [1.29, 1.82) is 0 Å². The van der Waals surface area contributed by atoms with Crippen molar-refractivity contribution in [2.45, 2.75) is 18.4 Å². The number of hydrogen-bond acceptors (Lipinski definition) is 3. The third kappa shape index (κ3) is 4.86. The Morgan fingerprint density at radius 1 is 1.00 bits per heavy atom. The molecule has 2 N–H and O–H groups in total. The van der Waals surface area contributed by atoms with Gasteiger partial charge in [0.25, 0.3) is 0 Å². The summed E-state index contributed by atoms with van der Waals surface area (Å²) in [5.41, 5.74) is 1.69. The molecule has 0 fully saturated rings. The van der Waals surface area contributed by atoms with E-state index < -0.39 is 17.9 Å².